The Balaban J connectivity index is 1.67. The van der Waals surface area contributed by atoms with Crippen molar-refractivity contribution < 1.29 is 4.74 Å². The number of hydrogen-bond donors (Lipinski definition) is 2. The van der Waals surface area contributed by atoms with Crippen LogP contribution in [-0.2, 0) is 11.3 Å². The maximum absolute atomic E-state index is 5.46. The van der Waals surface area contributed by atoms with E-state index in [2.05, 4.69) is 20.7 Å². The number of rotatable bonds is 4. The van der Waals surface area contributed by atoms with E-state index in [9.17, 15) is 0 Å². The summed E-state index contributed by atoms with van der Waals surface area (Å²) in [5, 5.41) is 14.7. The van der Waals surface area contributed by atoms with Crippen LogP contribution in [-0.4, -0.2) is 34.7 Å². The SMILES string of the molecule is c1ccc(-c2n[nH]nc2CNC2CCCOC2)cc1. The molecule has 100 valence electrons. The summed E-state index contributed by atoms with van der Waals surface area (Å²) >= 11 is 0. The molecule has 1 aliphatic rings. The molecule has 0 amide bonds. The molecule has 2 aromatic rings. The van der Waals surface area contributed by atoms with Crippen LogP contribution in [0, 0.1) is 0 Å². The Morgan fingerprint density at radius 1 is 1.26 bits per heavy atom. The quantitative estimate of drug-likeness (QED) is 0.877. The predicted molar refractivity (Wildman–Crippen MR) is 72.5 cm³/mol. The Kier molecular flexibility index (Phi) is 3.86. The summed E-state index contributed by atoms with van der Waals surface area (Å²) in [6.45, 7) is 2.39. The molecule has 0 spiro atoms. The molecule has 19 heavy (non-hydrogen) atoms. The van der Waals surface area contributed by atoms with Crippen LogP contribution in [0.5, 0.6) is 0 Å². The standard InChI is InChI=1S/C14H18N4O/c1-2-5-11(6-3-1)14-13(16-18-17-14)9-15-12-7-4-8-19-10-12/h1-3,5-6,12,15H,4,7-10H2,(H,16,17,18). The molecular weight excluding hydrogens is 240 g/mol. The zero-order chi connectivity index (χ0) is 12.9. The Morgan fingerprint density at radius 2 is 2.16 bits per heavy atom. The lowest BCUT2D eigenvalue weighted by Gasteiger charge is -2.22. The van der Waals surface area contributed by atoms with Gasteiger partial charge in [0.15, 0.2) is 0 Å². The monoisotopic (exact) mass is 258 g/mol. The molecule has 0 aliphatic carbocycles. The summed E-state index contributed by atoms with van der Waals surface area (Å²) in [4.78, 5) is 0. The highest BCUT2D eigenvalue weighted by atomic mass is 16.5. The van der Waals surface area contributed by atoms with Gasteiger partial charge in [-0.25, -0.2) is 0 Å². The van der Waals surface area contributed by atoms with Gasteiger partial charge in [-0.15, -0.1) is 0 Å². The van der Waals surface area contributed by atoms with Gasteiger partial charge < -0.3 is 10.1 Å². The zero-order valence-electron chi connectivity index (χ0n) is 10.8. The van der Waals surface area contributed by atoms with E-state index >= 15 is 0 Å². The lowest BCUT2D eigenvalue weighted by molar-refractivity contribution is 0.0698. The van der Waals surface area contributed by atoms with E-state index in [4.69, 9.17) is 4.74 Å². The smallest absolute Gasteiger partial charge is 0.117 e. The van der Waals surface area contributed by atoms with Crippen LogP contribution < -0.4 is 5.32 Å². The number of H-pyrrole nitrogens is 1. The number of benzene rings is 1. The lowest BCUT2D eigenvalue weighted by atomic mass is 10.1. The third-order valence-corrected chi connectivity index (χ3v) is 3.39. The Bertz CT molecular complexity index is 505. The fourth-order valence-electron chi connectivity index (χ4n) is 2.35. The van der Waals surface area contributed by atoms with Crippen molar-refractivity contribution in [3.63, 3.8) is 0 Å². The minimum Gasteiger partial charge on any atom is -0.380 e. The van der Waals surface area contributed by atoms with Crippen LogP contribution >= 0.6 is 0 Å². The third kappa shape index (κ3) is 3.00. The van der Waals surface area contributed by atoms with Crippen LogP contribution in [0.25, 0.3) is 11.3 Å². The Morgan fingerprint density at radius 3 is 2.95 bits per heavy atom. The van der Waals surface area contributed by atoms with Gasteiger partial charge >= 0.3 is 0 Å². The molecule has 3 rings (SSSR count). The average molecular weight is 258 g/mol. The third-order valence-electron chi connectivity index (χ3n) is 3.39. The van der Waals surface area contributed by atoms with Crippen LogP contribution in [0.2, 0.25) is 0 Å². The molecule has 2 N–H and O–H groups in total. The van der Waals surface area contributed by atoms with E-state index in [-0.39, 0.29) is 0 Å². The molecule has 1 fully saturated rings. The van der Waals surface area contributed by atoms with Crippen LogP contribution in [0.15, 0.2) is 30.3 Å². The van der Waals surface area contributed by atoms with Crippen molar-refractivity contribution in [2.45, 2.75) is 25.4 Å². The summed E-state index contributed by atoms with van der Waals surface area (Å²) in [5.74, 6) is 0. The molecule has 5 heteroatoms. The first kappa shape index (κ1) is 12.3. The van der Waals surface area contributed by atoms with E-state index in [1.165, 1.54) is 6.42 Å². The first-order chi connectivity index (χ1) is 9.43. The molecule has 1 aromatic heterocycles. The van der Waals surface area contributed by atoms with E-state index in [1.54, 1.807) is 0 Å². The minimum absolute atomic E-state index is 0.425. The second kappa shape index (κ2) is 5.95. The zero-order valence-corrected chi connectivity index (χ0v) is 10.8. The summed E-state index contributed by atoms with van der Waals surface area (Å²) in [7, 11) is 0. The van der Waals surface area contributed by atoms with Crippen LogP contribution in [0.3, 0.4) is 0 Å². The fourth-order valence-corrected chi connectivity index (χ4v) is 2.35. The largest absolute Gasteiger partial charge is 0.380 e. The molecule has 0 saturated carbocycles. The first-order valence-electron chi connectivity index (χ1n) is 6.69. The van der Waals surface area contributed by atoms with Crippen molar-refractivity contribution in [3.05, 3.63) is 36.0 Å². The number of hydrogen-bond acceptors (Lipinski definition) is 4. The number of nitrogens with zero attached hydrogens (tertiary/aromatic N) is 2. The molecule has 5 nitrogen and oxygen atoms in total. The van der Waals surface area contributed by atoms with Gasteiger partial charge in [0, 0.05) is 24.8 Å². The van der Waals surface area contributed by atoms with E-state index in [0.717, 1.165) is 43.1 Å². The van der Waals surface area contributed by atoms with Crippen molar-refractivity contribution in [2.24, 2.45) is 0 Å². The highest BCUT2D eigenvalue weighted by Crippen LogP contribution is 2.19. The number of aromatic amines is 1. The van der Waals surface area contributed by atoms with Gasteiger partial charge in [-0.3, -0.25) is 0 Å². The van der Waals surface area contributed by atoms with Gasteiger partial charge in [0.2, 0.25) is 0 Å². The van der Waals surface area contributed by atoms with E-state index in [1.807, 2.05) is 30.3 Å². The van der Waals surface area contributed by atoms with Gasteiger partial charge in [-0.1, -0.05) is 30.3 Å². The highest BCUT2D eigenvalue weighted by molar-refractivity contribution is 5.60. The van der Waals surface area contributed by atoms with Crippen LogP contribution in [0.1, 0.15) is 18.5 Å². The maximum Gasteiger partial charge on any atom is 0.117 e. The molecule has 2 heterocycles. The minimum atomic E-state index is 0.425. The maximum atomic E-state index is 5.46. The van der Waals surface area contributed by atoms with Gasteiger partial charge in [-0.2, -0.15) is 15.4 Å². The van der Waals surface area contributed by atoms with Crippen molar-refractivity contribution in [3.8, 4) is 11.3 Å². The predicted octanol–water partition coefficient (Wildman–Crippen LogP) is 1.74. The number of ether oxygens (including phenoxy) is 1. The molecule has 1 atom stereocenters. The average Bonchev–Trinajstić information content (AvgIpc) is 2.95. The first-order valence-corrected chi connectivity index (χ1v) is 6.69. The second-order valence-electron chi connectivity index (χ2n) is 4.78. The molecule has 1 unspecified atom stereocenters. The lowest BCUT2D eigenvalue weighted by Crippen LogP contribution is -2.36. The Hall–Kier alpha value is -1.72. The summed E-state index contributed by atoms with van der Waals surface area (Å²) in [6.07, 6.45) is 2.29. The summed E-state index contributed by atoms with van der Waals surface area (Å²) < 4.78 is 5.46. The summed E-state index contributed by atoms with van der Waals surface area (Å²) in [6, 6.07) is 10.5. The van der Waals surface area contributed by atoms with Crippen molar-refractivity contribution in [2.75, 3.05) is 13.2 Å². The van der Waals surface area contributed by atoms with Crippen LogP contribution in [0.4, 0.5) is 0 Å². The Labute approximate surface area is 112 Å². The van der Waals surface area contributed by atoms with Crippen molar-refractivity contribution in [1.82, 2.24) is 20.7 Å². The van der Waals surface area contributed by atoms with Gasteiger partial charge in [0.05, 0.1) is 6.61 Å². The summed E-state index contributed by atoms with van der Waals surface area (Å²) in [5.41, 5.74) is 2.97. The van der Waals surface area contributed by atoms with E-state index in [0.29, 0.717) is 6.04 Å². The fraction of sp³-hybridized carbons (Fsp3) is 0.429. The molecule has 0 radical (unpaired) electrons. The molecular formula is C14H18N4O. The normalized spacial score (nSPS) is 19.5. The second-order valence-corrected chi connectivity index (χ2v) is 4.78. The topological polar surface area (TPSA) is 62.8 Å². The van der Waals surface area contributed by atoms with Gasteiger partial charge in [0.25, 0.3) is 0 Å². The molecule has 1 aromatic carbocycles. The van der Waals surface area contributed by atoms with E-state index < -0.39 is 0 Å². The molecule has 1 aliphatic heterocycles. The van der Waals surface area contributed by atoms with Crippen molar-refractivity contribution in [1.29, 1.82) is 0 Å². The number of nitrogens with one attached hydrogen (secondary N) is 2. The molecule has 1 saturated heterocycles. The highest BCUT2D eigenvalue weighted by Gasteiger charge is 2.15. The van der Waals surface area contributed by atoms with Gasteiger partial charge in [-0.05, 0) is 12.8 Å². The molecule has 0 bridgehead atoms. The van der Waals surface area contributed by atoms with Gasteiger partial charge in [0.1, 0.15) is 11.4 Å². The number of aromatic nitrogens is 3. The van der Waals surface area contributed by atoms with Crippen molar-refractivity contribution >= 4 is 0 Å².